The average Bonchev–Trinajstić information content (AvgIpc) is 2.20. The number of hydrogen-bond acceptors (Lipinski definition) is 3. The molecule has 15 heavy (non-hydrogen) atoms. The van der Waals surface area contributed by atoms with Crippen molar-refractivity contribution in [3.05, 3.63) is 23.9 Å². The first-order chi connectivity index (χ1) is 7.18. The van der Waals surface area contributed by atoms with Gasteiger partial charge in [-0.2, -0.15) is 0 Å². The molecule has 0 saturated carbocycles. The molecule has 1 rings (SSSR count). The van der Waals surface area contributed by atoms with Crippen LogP contribution in [-0.2, 0) is 4.74 Å². The fourth-order valence-corrected chi connectivity index (χ4v) is 1.14. The molecule has 0 aliphatic carbocycles. The van der Waals surface area contributed by atoms with Crippen LogP contribution in [0.3, 0.4) is 0 Å². The Labute approximate surface area is 91.9 Å². The normalized spacial score (nSPS) is 10.7. The van der Waals surface area contributed by atoms with Gasteiger partial charge in [0.1, 0.15) is 5.82 Å². The molecule has 0 spiro atoms. The summed E-state index contributed by atoms with van der Waals surface area (Å²) >= 11 is 0. The van der Waals surface area contributed by atoms with Gasteiger partial charge in [-0.3, -0.25) is 0 Å². The van der Waals surface area contributed by atoms with E-state index in [1.54, 1.807) is 0 Å². The third-order valence-electron chi connectivity index (χ3n) is 1.92. The fourth-order valence-electron chi connectivity index (χ4n) is 1.14. The van der Waals surface area contributed by atoms with E-state index in [1.165, 1.54) is 5.56 Å². The molecule has 0 atom stereocenters. The highest BCUT2D eigenvalue weighted by Gasteiger charge is 1.94. The van der Waals surface area contributed by atoms with E-state index in [0.717, 1.165) is 25.6 Å². The van der Waals surface area contributed by atoms with E-state index in [-0.39, 0.29) is 0 Å². The largest absolute Gasteiger partial charge is 0.379 e. The molecular formula is C12H20N2O. The molecule has 0 bridgehead atoms. The second kappa shape index (κ2) is 6.40. The lowest BCUT2D eigenvalue weighted by atomic mass is 10.2. The van der Waals surface area contributed by atoms with Crippen molar-refractivity contribution < 1.29 is 4.74 Å². The molecule has 3 heteroatoms. The van der Waals surface area contributed by atoms with Gasteiger partial charge in [-0.1, -0.05) is 19.9 Å². The van der Waals surface area contributed by atoms with Crippen molar-refractivity contribution in [1.29, 1.82) is 0 Å². The van der Waals surface area contributed by atoms with Crippen LogP contribution in [0.2, 0.25) is 0 Å². The summed E-state index contributed by atoms with van der Waals surface area (Å²) < 4.78 is 5.45. The highest BCUT2D eigenvalue weighted by Crippen LogP contribution is 2.02. The Bertz CT molecular complexity index is 269. The maximum Gasteiger partial charge on any atom is 0.125 e. The van der Waals surface area contributed by atoms with Gasteiger partial charge in [-0.25, -0.2) is 4.98 Å². The standard InChI is InChI=1S/C12H20N2O/c1-10(2)9-15-7-6-13-12-5-4-11(3)8-14-12/h4-5,8,10H,6-7,9H2,1-3H3,(H,13,14). The van der Waals surface area contributed by atoms with Gasteiger partial charge in [0.15, 0.2) is 0 Å². The second-order valence-electron chi connectivity index (χ2n) is 4.12. The first-order valence-corrected chi connectivity index (χ1v) is 5.43. The predicted octanol–water partition coefficient (Wildman–Crippen LogP) is 2.47. The van der Waals surface area contributed by atoms with E-state index in [4.69, 9.17) is 4.74 Å². The Morgan fingerprint density at radius 1 is 1.40 bits per heavy atom. The van der Waals surface area contributed by atoms with Gasteiger partial charge in [0.05, 0.1) is 6.61 Å². The molecule has 0 aliphatic rings. The van der Waals surface area contributed by atoms with Crippen molar-refractivity contribution in [3.8, 4) is 0 Å². The first-order valence-electron chi connectivity index (χ1n) is 5.43. The molecule has 0 fully saturated rings. The number of pyridine rings is 1. The summed E-state index contributed by atoms with van der Waals surface area (Å²) in [6, 6.07) is 4.03. The van der Waals surface area contributed by atoms with Crippen LogP contribution >= 0.6 is 0 Å². The van der Waals surface area contributed by atoms with Gasteiger partial charge < -0.3 is 10.1 Å². The monoisotopic (exact) mass is 208 g/mol. The maximum absolute atomic E-state index is 5.45. The van der Waals surface area contributed by atoms with Gasteiger partial charge in [0.2, 0.25) is 0 Å². The highest BCUT2D eigenvalue weighted by atomic mass is 16.5. The molecule has 0 aliphatic heterocycles. The topological polar surface area (TPSA) is 34.1 Å². The zero-order valence-electron chi connectivity index (χ0n) is 9.79. The molecule has 0 aromatic carbocycles. The summed E-state index contributed by atoms with van der Waals surface area (Å²) in [5, 5.41) is 3.21. The zero-order valence-corrected chi connectivity index (χ0v) is 9.79. The molecule has 0 amide bonds. The maximum atomic E-state index is 5.45. The van der Waals surface area contributed by atoms with Crippen LogP contribution in [0.1, 0.15) is 19.4 Å². The van der Waals surface area contributed by atoms with E-state index in [1.807, 2.05) is 25.3 Å². The van der Waals surface area contributed by atoms with Gasteiger partial charge in [-0.15, -0.1) is 0 Å². The summed E-state index contributed by atoms with van der Waals surface area (Å²) in [5.74, 6) is 1.51. The van der Waals surface area contributed by atoms with E-state index in [9.17, 15) is 0 Å². The summed E-state index contributed by atoms with van der Waals surface area (Å²) in [7, 11) is 0. The molecule has 1 aromatic heterocycles. The fraction of sp³-hybridized carbons (Fsp3) is 0.583. The molecule has 1 N–H and O–H groups in total. The lowest BCUT2D eigenvalue weighted by Crippen LogP contribution is -2.12. The van der Waals surface area contributed by atoms with Crippen LogP contribution < -0.4 is 5.32 Å². The van der Waals surface area contributed by atoms with E-state index < -0.39 is 0 Å². The molecule has 84 valence electrons. The Morgan fingerprint density at radius 2 is 2.20 bits per heavy atom. The van der Waals surface area contributed by atoms with Gasteiger partial charge in [0.25, 0.3) is 0 Å². The molecule has 1 aromatic rings. The quantitative estimate of drug-likeness (QED) is 0.729. The molecule has 3 nitrogen and oxygen atoms in total. The van der Waals surface area contributed by atoms with E-state index >= 15 is 0 Å². The lowest BCUT2D eigenvalue weighted by molar-refractivity contribution is 0.118. The Morgan fingerprint density at radius 3 is 2.80 bits per heavy atom. The number of ether oxygens (including phenoxy) is 1. The minimum absolute atomic E-state index is 0.600. The van der Waals surface area contributed by atoms with Crippen LogP contribution in [0.4, 0.5) is 5.82 Å². The van der Waals surface area contributed by atoms with Crippen molar-refractivity contribution in [2.75, 3.05) is 25.1 Å². The number of aryl methyl sites for hydroxylation is 1. The van der Waals surface area contributed by atoms with Gasteiger partial charge in [0, 0.05) is 19.3 Å². The summed E-state index contributed by atoms with van der Waals surface area (Å²) in [4.78, 5) is 4.24. The van der Waals surface area contributed by atoms with E-state index in [0.29, 0.717) is 5.92 Å². The van der Waals surface area contributed by atoms with Crippen molar-refractivity contribution >= 4 is 5.82 Å². The number of rotatable bonds is 6. The second-order valence-corrected chi connectivity index (χ2v) is 4.12. The van der Waals surface area contributed by atoms with Crippen molar-refractivity contribution in [1.82, 2.24) is 4.98 Å². The first kappa shape index (κ1) is 12.0. The number of hydrogen-bond donors (Lipinski definition) is 1. The third kappa shape index (κ3) is 5.37. The van der Waals surface area contributed by atoms with Crippen molar-refractivity contribution in [3.63, 3.8) is 0 Å². The third-order valence-corrected chi connectivity index (χ3v) is 1.92. The minimum atomic E-state index is 0.600. The number of nitrogens with zero attached hydrogens (tertiary/aromatic N) is 1. The Hall–Kier alpha value is -1.09. The van der Waals surface area contributed by atoms with Crippen LogP contribution in [0.5, 0.6) is 0 Å². The predicted molar refractivity (Wildman–Crippen MR) is 63.1 cm³/mol. The van der Waals surface area contributed by atoms with Crippen LogP contribution in [0.25, 0.3) is 0 Å². The van der Waals surface area contributed by atoms with Crippen LogP contribution in [0.15, 0.2) is 18.3 Å². The zero-order chi connectivity index (χ0) is 11.1. The number of anilines is 1. The Balaban J connectivity index is 2.12. The van der Waals surface area contributed by atoms with Crippen LogP contribution in [-0.4, -0.2) is 24.7 Å². The van der Waals surface area contributed by atoms with Crippen molar-refractivity contribution in [2.24, 2.45) is 5.92 Å². The summed E-state index contributed by atoms with van der Waals surface area (Å²) in [6.07, 6.45) is 1.86. The summed E-state index contributed by atoms with van der Waals surface area (Å²) in [5.41, 5.74) is 1.18. The molecule has 0 saturated heterocycles. The smallest absolute Gasteiger partial charge is 0.125 e. The van der Waals surface area contributed by atoms with Crippen molar-refractivity contribution in [2.45, 2.75) is 20.8 Å². The summed E-state index contributed by atoms with van der Waals surface area (Å²) in [6.45, 7) is 8.69. The molecule has 1 heterocycles. The number of nitrogens with one attached hydrogen (secondary N) is 1. The minimum Gasteiger partial charge on any atom is -0.379 e. The number of aromatic nitrogens is 1. The molecule has 0 unspecified atom stereocenters. The van der Waals surface area contributed by atoms with Gasteiger partial charge in [-0.05, 0) is 24.5 Å². The highest BCUT2D eigenvalue weighted by molar-refractivity contribution is 5.34. The van der Waals surface area contributed by atoms with Crippen LogP contribution in [0, 0.1) is 12.8 Å². The molecule has 0 radical (unpaired) electrons. The average molecular weight is 208 g/mol. The Kier molecular flexibility index (Phi) is 5.12. The molecular weight excluding hydrogens is 188 g/mol. The SMILES string of the molecule is Cc1ccc(NCCOCC(C)C)nc1. The lowest BCUT2D eigenvalue weighted by Gasteiger charge is -2.08. The van der Waals surface area contributed by atoms with E-state index in [2.05, 4.69) is 24.1 Å². The van der Waals surface area contributed by atoms with Gasteiger partial charge >= 0.3 is 0 Å².